The summed E-state index contributed by atoms with van der Waals surface area (Å²) in [6.07, 6.45) is 0.467. The fourth-order valence-corrected chi connectivity index (χ4v) is 5.62. The van der Waals surface area contributed by atoms with Crippen LogP contribution in [0.5, 0.6) is 5.75 Å². The van der Waals surface area contributed by atoms with E-state index < -0.39 is 32.5 Å². The van der Waals surface area contributed by atoms with E-state index in [9.17, 15) is 26.8 Å². The molecule has 2 N–H and O–H groups in total. The van der Waals surface area contributed by atoms with E-state index in [1.807, 2.05) is 47.2 Å². The van der Waals surface area contributed by atoms with Crippen LogP contribution in [0.2, 0.25) is 0 Å². The molecule has 0 aliphatic rings. The van der Waals surface area contributed by atoms with Crippen LogP contribution >= 0.6 is 0 Å². The maximum atomic E-state index is 13.6. The van der Waals surface area contributed by atoms with Crippen LogP contribution in [0.3, 0.4) is 0 Å². The van der Waals surface area contributed by atoms with Gasteiger partial charge in [0.15, 0.2) is 11.6 Å². The number of ether oxygens (including phenoxy) is 1. The van der Waals surface area contributed by atoms with Gasteiger partial charge >= 0.3 is 0 Å². The molecule has 0 fully saturated rings. The van der Waals surface area contributed by atoms with Crippen molar-refractivity contribution in [3.05, 3.63) is 138 Å². The second-order valence-corrected chi connectivity index (χ2v) is 11.7. The van der Waals surface area contributed by atoms with E-state index in [-0.39, 0.29) is 18.7 Å². The van der Waals surface area contributed by atoms with Gasteiger partial charge in [0.05, 0.1) is 11.5 Å². The van der Waals surface area contributed by atoms with E-state index in [0.29, 0.717) is 47.7 Å². The fourth-order valence-electron chi connectivity index (χ4n) is 4.59. The van der Waals surface area contributed by atoms with E-state index in [1.165, 1.54) is 0 Å². The molecule has 5 rings (SSSR count). The Morgan fingerprint density at radius 2 is 1.48 bits per heavy atom. The summed E-state index contributed by atoms with van der Waals surface area (Å²) in [6, 6.07) is 30.0. The number of rotatable bonds is 11. The van der Waals surface area contributed by atoms with Crippen molar-refractivity contribution in [3.8, 4) is 5.75 Å². The van der Waals surface area contributed by atoms with Crippen molar-refractivity contribution in [2.45, 2.75) is 24.2 Å². The minimum atomic E-state index is -4.41. The lowest BCUT2D eigenvalue weighted by Crippen LogP contribution is -2.30. The Labute approximate surface area is 253 Å². The van der Waals surface area contributed by atoms with Crippen LogP contribution in [0, 0.1) is 11.6 Å². The van der Waals surface area contributed by atoms with Crippen molar-refractivity contribution in [1.29, 1.82) is 0 Å². The lowest BCUT2D eigenvalue weighted by Gasteiger charge is -2.15. The normalized spacial score (nSPS) is 11.2. The Hall–Kier alpha value is -5.09. The summed E-state index contributed by atoms with van der Waals surface area (Å²) in [4.78, 5) is 24.7. The number of aryl methyl sites for hydroxylation is 1. The van der Waals surface area contributed by atoms with Crippen molar-refractivity contribution in [1.82, 2.24) is 4.72 Å². The quantitative estimate of drug-likeness (QED) is 0.179. The molecule has 7 nitrogen and oxygen atoms in total. The number of nitrogens with one attached hydrogen (secondary N) is 2. The molecule has 0 bridgehead atoms. The van der Waals surface area contributed by atoms with Gasteiger partial charge in [-0.3, -0.25) is 9.59 Å². The molecule has 0 aliphatic carbocycles. The molecule has 10 heteroatoms. The molecule has 0 spiro atoms. The van der Waals surface area contributed by atoms with Crippen molar-refractivity contribution < 1.29 is 31.5 Å². The molecule has 224 valence electrons. The number of carbonyl (C=O) groups excluding carboxylic acids is 2. The van der Waals surface area contributed by atoms with Crippen molar-refractivity contribution >= 4 is 38.3 Å². The van der Waals surface area contributed by atoms with Crippen LogP contribution in [0.25, 0.3) is 10.8 Å². The molecule has 0 heterocycles. The van der Waals surface area contributed by atoms with E-state index in [4.69, 9.17) is 4.74 Å². The standard InChI is InChI=1S/C34H28F2N2O5S/c35-30-16-15-29(22-31(30)36)44(41,42)38-33(39)17-13-25-12-14-28(37-34(40)26-7-2-1-3-8-26)21-32(25)43-19-18-23-10-11-24-6-4-5-9-27(24)20-23/h1-12,14-16,20-22H,13,17-19H2,(H,37,40)(H,38,39). The molecule has 44 heavy (non-hydrogen) atoms. The smallest absolute Gasteiger partial charge is 0.264 e. The maximum absolute atomic E-state index is 13.6. The third-order valence-electron chi connectivity index (χ3n) is 6.89. The lowest BCUT2D eigenvalue weighted by molar-refractivity contribution is -0.119. The highest BCUT2D eigenvalue weighted by Crippen LogP contribution is 2.26. The number of carbonyl (C=O) groups is 2. The zero-order valence-electron chi connectivity index (χ0n) is 23.4. The maximum Gasteiger partial charge on any atom is 0.264 e. The Kier molecular flexibility index (Phi) is 9.30. The monoisotopic (exact) mass is 614 g/mol. The molecule has 5 aromatic rings. The van der Waals surface area contributed by atoms with Gasteiger partial charge in [-0.15, -0.1) is 0 Å². The van der Waals surface area contributed by atoms with Crippen LogP contribution in [0.15, 0.2) is 114 Å². The van der Waals surface area contributed by atoms with Gasteiger partial charge in [0.2, 0.25) is 5.91 Å². The third-order valence-corrected chi connectivity index (χ3v) is 8.27. The number of benzene rings is 5. The lowest BCUT2D eigenvalue weighted by atomic mass is 10.1. The summed E-state index contributed by atoms with van der Waals surface area (Å²) >= 11 is 0. The van der Waals surface area contributed by atoms with Crippen molar-refractivity contribution in [3.63, 3.8) is 0 Å². The third kappa shape index (κ3) is 7.64. The van der Waals surface area contributed by atoms with Gasteiger partial charge in [-0.05, 0) is 64.7 Å². The number of sulfonamides is 1. The van der Waals surface area contributed by atoms with Crippen molar-refractivity contribution in [2.24, 2.45) is 0 Å². The molecule has 0 aliphatic heterocycles. The van der Waals surface area contributed by atoms with Crippen LogP contribution in [0.4, 0.5) is 14.5 Å². The van der Waals surface area contributed by atoms with Gasteiger partial charge < -0.3 is 10.1 Å². The van der Waals surface area contributed by atoms with E-state index in [1.54, 1.807) is 42.5 Å². The number of halogens is 2. The molecule has 2 amide bonds. The summed E-state index contributed by atoms with van der Waals surface area (Å²) in [5, 5.41) is 5.08. The molecule has 0 unspecified atom stereocenters. The molecular formula is C34H28F2N2O5S. The Balaban J connectivity index is 1.29. The number of hydrogen-bond donors (Lipinski definition) is 2. The predicted molar refractivity (Wildman–Crippen MR) is 164 cm³/mol. The van der Waals surface area contributed by atoms with Crippen LogP contribution in [-0.4, -0.2) is 26.8 Å². The molecule has 0 saturated heterocycles. The topological polar surface area (TPSA) is 102 Å². The first kappa shape index (κ1) is 30.4. The van der Waals surface area contributed by atoms with E-state index in [2.05, 4.69) is 11.4 Å². The summed E-state index contributed by atoms with van der Waals surface area (Å²) in [5.41, 5.74) is 2.64. The molecule has 0 saturated carbocycles. The highest BCUT2D eigenvalue weighted by Gasteiger charge is 2.20. The second-order valence-electron chi connectivity index (χ2n) is 10.0. The minimum absolute atomic E-state index is 0.108. The molecular weight excluding hydrogens is 586 g/mol. The van der Waals surface area contributed by atoms with Gasteiger partial charge in [-0.25, -0.2) is 21.9 Å². The Morgan fingerprint density at radius 3 is 2.25 bits per heavy atom. The number of anilines is 1. The highest BCUT2D eigenvalue weighted by atomic mass is 32.2. The molecule has 0 atom stereocenters. The summed E-state index contributed by atoms with van der Waals surface area (Å²) in [7, 11) is -4.41. The number of amides is 2. The first-order chi connectivity index (χ1) is 21.2. The molecule has 5 aromatic carbocycles. The summed E-state index contributed by atoms with van der Waals surface area (Å²) in [6.45, 7) is 0.304. The first-order valence-electron chi connectivity index (χ1n) is 13.8. The van der Waals surface area contributed by atoms with Crippen LogP contribution in [0.1, 0.15) is 27.9 Å². The SMILES string of the molecule is O=C(CCc1ccc(NC(=O)c2ccccc2)cc1OCCc1ccc2ccccc2c1)NS(=O)(=O)c1ccc(F)c(F)c1. The molecule has 0 radical (unpaired) electrons. The average molecular weight is 615 g/mol. The predicted octanol–water partition coefficient (Wildman–Crippen LogP) is 6.43. The minimum Gasteiger partial charge on any atom is -0.493 e. The summed E-state index contributed by atoms with van der Waals surface area (Å²) < 4.78 is 59.9. The van der Waals surface area contributed by atoms with Crippen LogP contribution < -0.4 is 14.8 Å². The average Bonchev–Trinajstić information content (AvgIpc) is 3.02. The van der Waals surface area contributed by atoms with E-state index in [0.717, 1.165) is 22.4 Å². The largest absolute Gasteiger partial charge is 0.493 e. The molecule has 0 aromatic heterocycles. The van der Waals surface area contributed by atoms with Gasteiger partial charge in [0.1, 0.15) is 5.75 Å². The van der Waals surface area contributed by atoms with Crippen molar-refractivity contribution in [2.75, 3.05) is 11.9 Å². The number of hydrogen-bond acceptors (Lipinski definition) is 5. The zero-order chi connectivity index (χ0) is 31.1. The first-order valence-corrected chi connectivity index (χ1v) is 15.3. The Morgan fingerprint density at radius 1 is 0.727 bits per heavy atom. The van der Waals surface area contributed by atoms with E-state index >= 15 is 0 Å². The fraction of sp³-hybridized carbons (Fsp3) is 0.118. The van der Waals surface area contributed by atoms with Gasteiger partial charge in [0, 0.05) is 30.2 Å². The highest BCUT2D eigenvalue weighted by molar-refractivity contribution is 7.90. The zero-order valence-corrected chi connectivity index (χ0v) is 24.2. The van der Waals surface area contributed by atoms with Gasteiger partial charge in [-0.2, -0.15) is 0 Å². The Bertz CT molecular complexity index is 1930. The second kappa shape index (κ2) is 13.5. The van der Waals surface area contributed by atoms with Crippen LogP contribution in [-0.2, 0) is 27.7 Å². The summed E-state index contributed by atoms with van der Waals surface area (Å²) in [5.74, 6) is -3.26. The van der Waals surface area contributed by atoms with Gasteiger partial charge in [-0.1, -0.05) is 66.7 Å². The number of fused-ring (bicyclic) bond motifs is 1. The van der Waals surface area contributed by atoms with Gasteiger partial charge in [0.25, 0.3) is 15.9 Å².